The number of pyridine rings is 1. The molecule has 8 rings (SSSR count). The molecule has 1 aromatic heterocycles. The molecule has 3 saturated heterocycles. The second kappa shape index (κ2) is 11.3. The summed E-state index contributed by atoms with van der Waals surface area (Å²) in [4.78, 5) is 30.3. The van der Waals surface area contributed by atoms with Gasteiger partial charge in [-0.1, -0.05) is 6.07 Å². The fourth-order valence-electron chi connectivity index (χ4n) is 7.53. The van der Waals surface area contributed by atoms with Crippen molar-refractivity contribution in [1.29, 1.82) is 0 Å². The predicted octanol–water partition coefficient (Wildman–Crippen LogP) is 3.02. The van der Waals surface area contributed by atoms with E-state index in [0.717, 1.165) is 12.1 Å². The number of hydrogen-bond donors (Lipinski definition) is 1. The number of aromatic nitrogens is 1. The monoisotopic (exact) mass is 648 g/mol. The molecule has 1 spiro atoms. The average molecular weight is 649 g/mol. The summed E-state index contributed by atoms with van der Waals surface area (Å²) in [5.41, 5.74) is 2.40. The Morgan fingerprint density at radius 1 is 0.870 bits per heavy atom. The number of rotatable bonds is 5. The number of carbonyl (C=O) groups is 1. The fourth-order valence-corrected chi connectivity index (χ4v) is 8.61. The molecule has 2 bridgehead atoms. The Balaban J connectivity index is 1.12. The number of amides is 1. The molecule has 5 aliphatic rings. The van der Waals surface area contributed by atoms with Crippen LogP contribution in [0.4, 0.5) is 11.4 Å². The number of nitrogens with zero attached hydrogens (tertiary/aromatic N) is 3. The van der Waals surface area contributed by atoms with Crippen LogP contribution < -0.4 is 24.7 Å². The molecule has 1 amide bonds. The summed E-state index contributed by atoms with van der Waals surface area (Å²) in [6.45, 7) is 4.68. The predicted molar refractivity (Wildman–Crippen MR) is 168 cm³/mol. The number of fused-ring (bicyclic) bond motifs is 5. The molecule has 2 aromatic carbocycles. The first kappa shape index (κ1) is 29.3. The molecule has 0 aliphatic carbocycles. The van der Waals surface area contributed by atoms with Gasteiger partial charge < -0.3 is 33.3 Å². The van der Waals surface area contributed by atoms with Gasteiger partial charge in [-0.25, -0.2) is 8.42 Å². The molecule has 242 valence electrons. The van der Waals surface area contributed by atoms with Crippen molar-refractivity contribution in [3.05, 3.63) is 76.2 Å². The zero-order chi connectivity index (χ0) is 31.5. The van der Waals surface area contributed by atoms with E-state index in [1.807, 2.05) is 16.7 Å². The molecule has 3 fully saturated rings. The highest BCUT2D eigenvalue weighted by Gasteiger charge is 2.41. The maximum atomic E-state index is 13.9. The highest BCUT2D eigenvalue weighted by molar-refractivity contribution is 7.92. The zero-order valence-corrected chi connectivity index (χ0v) is 26.2. The standard InChI is InChI=1S/C33H36N4O8S/c38-31-3-1-2-27-24-16-22(20-37(27)31)19-36(21-24)28-6-4-23(32(39)35-10-8-33(9-11-35)44-14-15-45-33)17-26(28)34-46(40,41)25-5-7-29-30(18-25)43-13-12-42-29/h1-7,17-18,22,24,34H,8-16,19-21H2. The van der Waals surface area contributed by atoms with Crippen molar-refractivity contribution in [1.82, 2.24) is 9.47 Å². The van der Waals surface area contributed by atoms with Crippen LogP contribution in [0.25, 0.3) is 0 Å². The normalized spacial score (nSPS) is 23.2. The van der Waals surface area contributed by atoms with Crippen LogP contribution >= 0.6 is 0 Å². The summed E-state index contributed by atoms with van der Waals surface area (Å²) < 4.78 is 55.3. The Morgan fingerprint density at radius 3 is 2.46 bits per heavy atom. The van der Waals surface area contributed by atoms with Crippen LogP contribution in [-0.4, -0.2) is 82.2 Å². The van der Waals surface area contributed by atoms with E-state index in [1.54, 1.807) is 35.2 Å². The van der Waals surface area contributed by atoms with Crippen LogP contribution in [0.1, 0.15) is 41.2 Å². The Labute approximate surface area is 266 Å². The molecule has 5 aliphatic heterocycles. The van der Waals surface area contributed by atoms with Crippen molar-refractivity contribution in [2.24, 2.45) is 5.92 Å². The van der Waals surface area contributed by atoms with E-state index in [4.69, 9.17) is 18.9 Å². The zero-order valence-electron chi connectivity index (χ0n) is 25.4. The third-order valence-electron chi connectivity index (χ3n) is 9.76. The van der Waals surface area contributed by atoms with Gasteiger partial charge in [0, 0.05) is 74.9 Å². The van der Waals surface area contributed by atoms with E-state index in [2.05, 4.69) is 9.62 Å². The fraction of sp³-hybridized carbons (Fsp3) is 0.455. The molecule has 2 atom stereocenters. The SMILES string of the molecule is O=C(c1ccc(N2CC3CC(C2)c2cccc(=O)n2C3)c(NS(=O)(=O)c2ccc3c(c2)OCCO3)c1)N1CCC2(CC1)OCCO2. The van der Waals surface area contributed by atoms with Gasteiger partial charge in [0.15, 0.2) is 17.3 Å². The van der Waals surface area contributed by atoms with Gasteiger partial charge in [0.25, 0.3) is 21.5 Å². The van der Waals surface area contributed by atoms with Gasteiger partial charge in [-0.3, -0.25) is 14.3 Å². The van der Waals surface area contributed by atoms with Crippen LogP contribution in [0, 0.1) is 5.92 Å². The van der Waals surface area contributed by atoms with Gasteiger partial charge in [-0.2, -0.15) is 0 Å². The lowest BCUT2D eigenvalue weighted by Gasteiger charge is -2.44. The molecular weight excluding hydrogens is 612 g/mol. The molecule has 46 heavy (non-hydrogen) atoms. The minimum atomic E-state index is -4.08. The summed E-state index contributed by atoms with van der Waals surface area (Å²) in [6.07, 6.45) is 2.13. The molecule has 6 heterocycles. The maximum Gasteiger partial charge on any atom is 0.262 e. The van der Waals surface area contributed by atoms with Gasteiger partial charge in [0.1, 0.15) is 13.2 Å². The first-order chi connectivity index (χ1) is 22.3. The smallest absolute Gasteiger partial charge is 0.262 e. The van der Waals surface area contributed by atoms with Crippen molar-refractivity contribution in [2.75, 3.05) is 62.2 Å². The Kier molecular flexibility index (Phi) is 7.22. The number of ether oxygens (including phenoxy) is 4. The minimum absolute atomic E-state index is 0.00563. The van der Waals surface area contributed by atoms with Crippen molar-refractivity contribution >= 4 is 27.3 Å². The van der Waals surface area contributed by atoms with Crippen LogP contribution in [0.5, 0.6) is 11.5 Å². The van der Waals surface area contributed by atoms with E-state index >= 15 is 0 Å². The first-order valence-electron chi connectivity index (χ1n) is 15.9. The summed E-state index contributed by atoms with van der Waals surface area (Å²) in [5.74, 6) is 0.411. The van der Waals surface area contributed by atoms with Crippen molar-refractivity contribution in [3.63, 3.8) is 0 Å². The number of piperidine rings is 2. The summed E-state index contributed by atoms with van der Waals surface area (Å²) in [5, 5.41) is 0. The summed E-state index contributed by atoms with van der Waals surface area (Å²) in [6, 6.07) is 15.2. The van der Waals surface area contributed by atoms with Gasteiger partial charge >= 0.3 is 0 Å². The second-order valence-corrected chi connectivity index (χ2v) is 14.3. The van der Waals surface area contributed by atoms with Gasteiger partial charge in [0.2, 0.25) is 0 Å². The van der Waals surface area contributed by atoms with Crippen molar-refractivity contribution in [3.8, 4) is 11.5 Å². The van der Waals surface area contributed by atoms with Crippen LogP contribution in [0.3, 0.4) is 0 Å². The molecular formula is C33H36N4O8S. The number of carbonyl (C=O) groups excluding carboxylic acids is 1. The van der Waals surface area contributed by atoms with Crippen molar-refractivity contribution < 1.29 is 32.2 Å². The van der Waals surface area contributed by atoms with E-state index < -0.39 is 15.8 Å². The molecule has 1 N–H and O–H groups in total. The van der Waals surface area contributed by atoms with Crippen LogP contribution in [-0.2, 0) is 26.0 Å². The van der Waals surface area contributed by atoms with Gasteiger partial charge in [-0.15, -0.1) is 0 Å². The lowest BCUT2D eigenvalue weighted by atomic mass is 9.83. The highest BCUT2D eigenvalue weighted by atomic mass is 32.2. The number of anilines is 2. The summed E-state index contributed by atoms with van der Waals surface area (Å²) in [7, 11) is -4.08. The second-order valence-electron chi connectivity index (χ2n) is 12.6. The van der Waals surface area contributed by atoms with Crippen LogP contribution in [0.2, 0.25) is 0 Å². The first-order valence-corrected chi connectivity index (χ1v) is 17.3. The highest BCUT2D eigenvalue weighted by Crippen LogP contribution is 2.41. The number of nitrogens with one attached hydrogen (secondary N) is 1. The number of likely N-dealkylation sites (tertiary alicyclic amines) is 1. The maximum absolute atomic E-state index is 13.9. The molecule has 0 saturated carbocycles. The van der Waals surface area contributed by atoms with E-state index in [9.17, 15) is 18.0 Å². The molecule has 3 aromatic rings. The molecule has 12 nitrogen and oxygen atoms in total. The lowest BCUT2D eigenvalue weighted by Crippen LogP contribution is -2.47. The number of sulfonamides is 1. The van der Waals surface area contributed by atoms with E-state index in [1.165, 1.54) is 12.1 Å². The quantitative estimate of drug-likeness (QED) is 0.444. The van der Waals surface area contributed by atoms with Crippen molar-refractivity contribution in [2.45, 2.75) is 42.4 Å². The lowest BCUT2D eigenvalue weighted by molar-refractivity contribution is -0.181. The van der Waals surface area contributed by atoms with Crippen LogP contribution in [0.15, 0.2) is 64.3 Å². The van der Waals surface area contributed by atoms with E-state index in [0.29, 0.717) is 100 Å². The van der Waals surface area contributed by atoms with Gasteiger partial charge in [0.05, 0.1) is 29.5 Å². The van der Waals surface area contributed by atoms with Gasteiger partial charge in [-0.05, 0) is 48.7 Å². The number of hydrogen-bond acceptors (Lipinski definition) is 9. The van der Waals surface area contributed by atoms with E-state index in [-0.39, 0.29) is 28.2 Å². The largest absolute Gasteiger partial charge is 0.486 e. The Hall–Kier alpha value is -4.07. The third kappa shape index (κ3) is 5.29. The molecule has 0 radical (unpaired) electrons. The Morgan fingerprint density at radius 2 is 1.65 bits per heavy atom. The topological polar surface area (TPSA) is 129 Å². The summed E-state index contributed by atoms with van der Waals surface area (Å²) >= 11 is 0. The third-order valence-corrected chi connectivity index (χ3v) is 11.1. The minimum Gasteiger partial charge on any atom is -0.486 e. The average Bonchev–Trinajstić information content (AvgIpc) is 3.52. The molecule has 2 unspecified atom stereocenters. The Bertz CT molecular complexity index is 1840. The molecule has 13 heteroatoms. The number of benzene rings is 2.